The van der Waals surface area contributed by atoms with Crippen LogP contribution in [0.15, 0.2) is 30.3 Å². The Morgan fingerprint density at radius 2 is 1.79 bits per heavy atom. The predicted octanol–water partition coefficient (Wildman–Crippen LogP) is 2.04. The molecular weight excluding hydrogens is 238 g/mol. The number of para-hydroxylation sites is 1. The number of nitrogens with two attached hydrogens (primary N) is 2. The van der Waals surface area contributed by atoms with Gasteiger partial charge in [0.1, 0.15) is 5.82 Å². The number of fused-ring (bicyclic) bond motifs is 1. The van der Waals surface area contributed by atoms with E-state index in [2.05, 4.69) is 0 Å². The highest BCUT2D eigenvalue weighted by atomic mass is 16.1. The summed E-state index contributed by atoms with van der Waals surface area (Å²) >= 11 is 0. The number of anilines is 1. The topological polar surface area (TPSA) is 74.0 Å². The summed E-state index contributed by atoms with van der Waals surface area (Å²) in [4.78, 5) is 11.7. The number of hydrogen-bond acceptors (Lipinski definition) is 2. The van der Waals surface area contributed by atoms with Crippen molar-refractivity contribution in [3.05, 3.63) is 47.2 Å². The van der Waals surface area contributed by atoms with Crippen LogP contribution in [0.1, 0.15) is 34.5 Å². The van der Waals surface area contributed by atoms with Crippen molar-refractivity contribution in [2.45, 2.75) is 25.7 Å². The molecule has 1 aliphatic rings. The Bertz CT molecular complexity index is 629. The largest absolute Gasteiger partial charge is 0.384 e. The van der Waals surface area contributed by atoms with Crippen molar-refractivity contribution in [1.29, 1.82) is 0 Å². The molecule has 0 spiro atoms. The summed E-state index contributed by atoms with van der Waals surface area (Å²) in [6, 6.07) is 9.89. The predicted molar refractivity (Wildman–Crippen MR) is 75.3 cm³/mol. The molecule has 4 heteroatoms. The van der Waals surface area contributed by atoms with E-state index < -0.39 is 5.91 Å². The van der Waals surface area contributed by atoms with Crippen LogP contribution >= 0.6 is 0 Å². The van der Waals surface area contributed by atoms with Gasteiger partial charge in [0, 0.05) is 11.4 Å². The monoisotopic (exact) mass is 255 g/mol. The third-order valence-electron chi connectivity index (χ3n) is 3.77. The smallest absolute Gasteiger partial charge is 0.252 e. The number of rotatable bonds is 2. The number of benzene rings is 1. The van der Waals surface area contributed by atoms with E-state index in [1.165, 1.54) is 0 Å². The summed E-state index contributed by atoms with van der Waals surface area (Å²) in [6.07, 6.45) is 4.05. The van der Waals surface area contributed by atoms with Gasteiger partial charge in [0.05, 0.1) is 5.56 Å². The van der Waals surface area contributed by atoms with E-state index in [0.29, 0.717) is 11.4 Å². The molecule has 98 valence electrons. The van der Waals surface area contributed by atoms with Gasteiger partial charge in [-0.3, -0.25) is 9.36 Å². The minimum Gasteiger partial charge on any atom is -0.384 e. The number of nitrogens with zero attached hydrogens (tertiary/aromatic N) is 1. The molecule has 1 aromatic carbocycles. The van der Waals surface area contributed by atoms with E-state index in [9.17, 15) is 4.79 Å². The average molecular weight is 255 g/mol. The maximum Gasteiger partial charge on any atom is 0.252 e. The third-order valence-corrected chi connectivity index (χ3v) is 3.77. The number of aromatic nitrogens is 1. The summed E-state index contributed by atoms with van der Waals surface area (Å²) in [6.45, 7) is 0. The fourth-order valence-electron chi connectivity index (χ4n) is 2.96. The van der Waals surface area contributed by atoms with Crippen LogP contribution in [0.2, 0.25) is 0 Å². The molecule has 0 aliphatic heterocycles. The Balaban J connectivity index is 2.28. The zero-order valence-corrected chi connectivity index (χ0v) is 10.7. The highest BCUT2D eigenvalue weighted by Gasteiger charge is 2.26. The lowest BCUT2D eigenvalue weighted by molar-refractivity contribution is 0.100. The van der Waals surface area contributed by atoms with Gasteiger partial charge >= 0.3 is 0 Å². The molecule has 0 radical (unpaired) electrons. The third kappa shape index (κ3) is 1.80. The first-order valence-electron chi connectivity index (χ1n) is 6.57. The first-order chi connectivity index (χ1) is 9.20. The van der Waals surface area contributed by atoms with E-state index in [1.54, 1.807) is 0 Å². The van der Waals surface area contributed by atoms with Crippen LogP contribution in [0.25, 0.3) is 5.69 Å². The molecule has 4 N–H and O–H groups in total. The van der Waals surface area contributed by atoms with Crippen molar-refractivity contribution in [3.63, 3.8) is 0 Å². The number of carbonyl (C=O) groups is 1. The van der Waals surface area contributed by atoms with Crippen molar-refractivity contribution in [3.8, 4) is 5.69 Å². The van der Waals surface area contributed by atoms with Gasteiger partial charge in [-0.05, 0) is 43.4 Å². The van der Waals surface area contributed by atoms with E-state index in [-0.39, 0.29) is 0 Å². The lowest BCUT2D eigenvalue weighted by Crippen LogP contribution is -2.15. The Morgan fingerprint density at radius 3 is 2.47 bits per heavy atom. The van der Waals surface area contributed by atoms with Gasteiger partial charge in [0.2, 0.25) is 0 Å². The maximum atomic E-state index is 11.7. The zero-order chi connectivity index (χ0) is 13.4. The highest BCUT2D eigenvalue weighted by molar-refractivity contribution is 6.00. The summed E-state index contributed by atoms with van der Waals surface area (Å²) in [5.74, 6) is 0.0518. The van der Waals surface area contributed by atoms with E-state index in [0.717, 1.165) is 42.6 Å². The zero-order valence-electron chi connectivity index (χ0n) is 10.7. The fraction of sp³-hybridized carbons (Fsp3) is 0.267. The van der Waals surface area contributed by atoms with Crippen LogP contribution in [-0.4, -0.2) is 10.5 Å². The Labute approximate surface area is 112 Å². The highest BCUT2D eigenvalue weighted by Crippen LogP contribution is 2.33. The van der Waals surface area contributed by atoms with Crippen LogP contribution in [0.3, 0.4) is 0 Å². The van der Waals surface area contributed by atoms with Crippen LogP contribution in [-0.2, 0) is 12.8 Å². The second kappa shape index (κ2) is 4.46. The molecule has 1 heterocycles. The molecule has 0 unspecified atom stereocenters. The van der Waals surface area contributed by atoms with Crippen molar-refractivity contribution in [2.75, 3.05) is 5.73 Å². The molecule has 0 atom stereocenters. The van der Waals surface area contributed by atoms with Crippen LogP contribution < -0.4 is 11.5 Å². The van der Waals surface area contributed by atoms with Gasteiger partial charge in [-0.2, -0.15) is 0 Å². The minimum absolute atomic E-state index is 0.426. The van der Waals surface area contributed by atoms with Gasteiger partial charge in [0.25, 0.3) is 5.91 Å². The first-order valence-corrected chi connectivity index (χ1v) is 6.57. The molecular formula is C15H17N3O. The SMILES string of the molecule is NC(=O)c1c2c(n(-c3ccccc3)c1N)CCCC2. The standard InChI is InChI=1S/C15H17N3O/c16-14-13(15(17)19)11-8-4-5-9-12(11)18(14)10-6-2-1-3-7-10/h1-3,6-7H,4-5,8-9,16H2,(H2,17,19). The van der Waals surface area contributed by atoms with Gasteiger partial charge in [-0.15, -0.1) is 0 Å². The van der Waals surface area contributed by atoms with Gasteiger partial charge in [-0.1, -0.05) is 18.2 Å². The fourth-order valence-corrected chi connectivity index (χ4v) is 2.96. The van der Waals surface area contributed by atoms with Crippen molar-refractivity contribution < 1.29 is 4.79 Å². The van der Waals surface area contributed by atoms with Gasteiger partial charge in [-0.25, -0.2) is 0 Å². The molecule has 3 rings (SSSR count). The molecule has 0 saturated heterocycles. The first kappa shape index (κ1) is 11.8. The Kier molecular flexibility index (Phi) is 2.78. The molecule has 0 saturated carbocycles. The second-order valence-electron chi connectivity index (χ2n) is 4.93. The van der Waals surface area contributed by atoms with E-state index in [1.807, 2.05) is 34.9 Å². The maximum absolute atomic E-state index is 11.7. The normalized spacial score (nSPS) is 14.1. The Morgan fingerprint density at radius 1 is 1.11 bits per heavy atom. The summed E-state index contributed by atoms with van der Waals surface area (Å²) < 4.78 is 1.98. The number of amides is 1. The number of primary amides is 1. The molecule has 1 amide bonds. The molecule has 2 aromatic rings. The number of nitrogen functional groups attached to an aromatic ring is 1. The van der Waals surface area contributed by atoms with Crippen LogP contribution in [0, 0.1) is 0 Å². The summed E-state index contributed by atoms with van der Waals surface area (Å²) in [7, 11) is 0. The molecule has 0 fully saturated rings. The van der Waals surface area contributed by atoms with Gasteiger partial charge in [0.15, 0.2) is 0 Å². The van der Waals surface area contributed by atoms with Gasteiger partial charge < -0.3 is 11.5 Å². The molecule has 1 aromatic heterocycles. The minimum atomic E-state index is -0.426. The van der Waals surface area contributed by atoms with E-state index >= 15 is 0 Å². The van der Waals surface area contributed by atoms with Crippen LogP contribution in [0.5, 0.6) is 0 Å². The lowest BCUT2D eigenvalue weighted by Gasteiger charge is -2.16. The van der Waals surface area contributed by atoms with Crippen molar-refractivity contribution >= 4 is 11.7 Å². The second-order valence-corrected chi connectivity index (χ2v) is 4.93. The average Bonchev–Trinajstić information content (AvgIpc) is 2.71. The summed E-state index contributed by atoms with van der Waals surface area (Å²) in [5, 5.41) is 0. The van der Waals surface area contributed by atoms with Crippen LogP contribution in [0.4, 0.5) is 5.82 Å². The molecule has 0 bridgehead atoms. The molecule has 19 heavy (non-hydrogen) atoms. The number of hydrogen-bond donors (Lipinski definition) is 2. The van der Waals surface area contributed by atoms with Crippen molar-refractivity contribution in [2.24, 2.45) is 5.73 Å². The number of carbonyl (C=O) groups excluding carboxylic acids is 1. The summed E-state index contributed by atoms with van der Waals surface area (Å²) in [5.41, 5.74) is 15.4. The lowest BCUT2D eigenvalue weighted by atomic mass is 9.94. The quantitative estimate of drug-likeness (QED) is 0.861. The Hall–Kier alpha value is -2.23. The van der Waals surface area contributed by atoms with Crippen molar-refractivity contribution in [1.82, 2.24) is 4.57 Å². The molecule has 4 nitrogen and oxygen atoms in total. The molecule has 1 aliphatic carbocycles. The van der Waals surface area contributed by atoms with E-state index in [4.69, 9.17) is 11.5 Å².